The van der Waals surface area contributed by atoms with Crippen molar-refractivity contribution in [3.8, 4) is 0 Å². The molecule has 2 aliphatic heterocycles. The predicted octanol–water partition coefficient (Wildman–Crippen LogP) is 1.20. The smallest absolute Gasteiger partial charge is 0.253 e. The molecule has 0 N–H and O–H groups in total. The molecule has 1 aromatic heterocycles. The highest BCUT2D eigenvalue weighted by Crippen LogP contribution is 2.47. The molecule has 3 fully saturated rings. The Morgan fingerprint density at radius 2 is 1.93 bits per heavy atom. The summed E-state index contributed by atoms with van der Waals surface area (Å²) in [5, 5.41) is 3.67. The maximum Gasteiger partial charge on any atom is 0.253 e. The first-order valence-electron chi connectivity index (χ1n) is 9.54. The van der Waals surface area contributed by atoms with Crippen molar-refractivity contribution in [2.45, 2.75) is 30.4 Å². The fourth-order valence-corrected chi connectivity index (χ4v) is 6.46. The largest absolute Gasteiger partial charge is 0.339 e. The molecule has 5 rings (SSSR count). The summed E-state index contributed by atoms with van der Waals surface area (Å²) in [5.74, 6) is 0.835. The number of nitrogens with zero attached hydrogens (tertiary/aromatic N) is 4. The van der Waals surface area contributed by atoms with Gasteiger partial charge in [-0.15, -0.1) is 0 Å². The average molecular weight is 402 g/mol. The molecule has 2 saturated heterocycles. The normalized spacial score (nSPS) is 27.9. The SMILES string of the molecule is Cc1noc(C23CN(C(=O)c4ccccc4)CC2CN(S(=O)(=O)C2CC2)C3)n1. The van der Waals surface area contributed by atoms with Crippen molar-refractivity contribution in [3.63, 3.8) is 0 Å². The van der Waals surface area contributed by atoms with Gasteiger partial charge >= 0.3 is 0 Å². The number of likely N-dealkylation sites (tertiary alicyclic amines) is 1. The van der Waals surface area contributed by atoms with Crippen LogP contribution in [0.4, 0.5) is 0 Å². The third kappa shape index (κ3) is 2.68. The van der Waals surface area contributed by atoms with Crippen molar-refractivity contribution in [1.29, 1.82) is 0 Å². The second kappa shape index (κ2) is 6.12. The lowest BCUT2D eigenvalue weighted by molar-refractivity contribution is 0.0773. The highest BCUT2D eigenvalue weighted by molar-refractivity contribution is 7.90. The molecule has 2 unspecified atom stereocenters. The van der Waals surface area contributed by atoms with Gasteiger partial charge in [-0.25, -0.2) is 12.7 Å². The van der Waals surface area contributed by atoms with Gasteiger partial charge in [0.25, 0.3) is 5.91 Å². The Kier molecular flexibility index (Phi) is 3.89. The molecule has 2 atom stereocenters. The van der Waals surface area contributed by atoms with E-state index in [2.05, 4.69) is 10.1 Å². The van der Waals surface area contributed by atoms with Crippen LogP contribution in [0.2, 0.25) is 0 Å². The van der Waals surface area contributed by atoms with Crippen LogP contribution in [-0.2, 0) is 15.4 Å². The Bertz CT molecular complexity index is 1020. The lowest BCUT2D eigenvalue weighted by Gasteiger charge is -2.26. The van der Waals surface area contributed by atoms with Crippen LogP contribution in [0.5, 0.6) is 0 Å². The molecule has 9 heteroatoms. The quantitative estimate of drug-likeness (QED) is 0.762. The molecule has 1 aromatic carbocycles. The predicted molar refractivity (Wildman–Crippen MR) is 100 cm³/mol. The van der Waals surface area contributed by atoms with E-state index in [1.807, 2.05) is 18.2 Å². The first kappa shape index (κ1) is 17.8. The summed E-state index contributed by atoms with van der Waals surface area (Å²) in [5.41, 5.74) is -0.0185. The van der Waals surface area contributed by atoms with E-state index in [-0.39, 0.29) is 23.6 Å². The number of fused-ring (bicyclic) bond motifs is 1. The van der Waals surface area contributed by atoms with E-state index in [1.54, 1.807) is 28.3 Å². The van der Waals surface area contributed by atoms with Crippen molar-refractivity contribution in [3.05, 3.63) is 47.6 Å². The molecule has 1 amide bonds. The number of hydrogen-bond donors (Lipinski definition) is 0. The third-order valence-corrected chi connectivity index (χ3v) is 8.46. The molecule has 0 radical (unpaired) electrons. The van der Waals surface area contributed by atoms with Crippen LogP contribution >= 0.6 is 0 Å². The first-order chi connectivity index (χ1) is 13.4. The highest BCUT2D eigenvalue weighted by atomic mass is 32.2. The van der Waals surface area contributed by atoms with Crippen molar-refractivity contribution in [2.75, 3.05) is 26.2 Å². The maximum absolute atomic E-state index is 13.0. The Hall–Kier alpha value is -2.26. The van der Waals surface area contributed by atoms with Gasteiger partial charge in [0.05, 0.1) is 10.7 Å². The Labute approximate surface area is 163 Å². The summed E-state index contributed by atoms with van der Waals surface area (Å²) in [7, 11) is -3.30. The molecular formula is C19H22N4O4S. The second-order valence-corrected chi connectivity index (χ2v) is 10.3. The van der Waals surface area contributed by atoms with E-state index in [0.717, 1.165) is 12.8 Å². The number of hydrogen-bond acceptors (Lipinski definition) is 6. The number of aryl methyl sites for hydroxylation is 1. The Balaban J connectivity index is 1.48. The fraction of sp³-hybridized carbons (Fsp3) is 0.526. The summed E-state index contributed by atoms with van der Waals surface area (Å²) in [4.78, 5) is 19.2. The van der Waals surface area contributed by atoms with Crippen molar-refractivity contribution in [1.82, 2.24) is 19.3 Å². The van der Waals surface area contributed by atoms with Crippen LogP contribution in [0, 0.1) is 12.8 Å². The van der Waals surface area contributed by atoms with Gasteiger partial charge in [0.1, 0.15) is 0 Å². The van der Waals surface area contributed by atoms with Crippen LogP contribution in [0.15, 0.2) is 34.9 Å². The summed E-state index contributed by atoms with van der Waals surface area (Å²) < 4.78 is 32.7. The van der Waals surface area contributed by atoms with Crippen LogP contribution in [-0.4, -0.2) is 65.1 Å². The van der Waals surface area contributed by atoms with Crippen molar-refractivity contribution < 1.29 is 17.7 Å². The second-order valence-electron chi connectivity index (χ2n) is 8.09. The van der Waals surface area contributed by atoms with Gasteiger partial charge in [0, 0.05) is 37.7 Å². The number of rotatable bonds is 4. The molecule has 1 saturated carbocycles. The van der Waals surface area contributed by atoms with Gasteiger partial charge in [0.2, 0.25) is 15.9 Å². The zero-order valence-electron chi connectivity index (χ0n) is 15.6. The monoisotopic (exact) mass is 402 g/mol. The van der Waals surface area contributed by atoms with Gasteiger partial charge < -0.3 is 9.42 Å². The van der Waals surface area contributed by atoms with E-state index < -0.39 is 15.4 Å². The molecule has 3 aliphatic rings. The van der Waals surface area contributed by atoms with Crippen LogP contribution < -0.4 is 0 Å². The number of sulfonamides is 1. The van der Waals surface area contributed by atoms with Crippen LogP contribution in [0.3, 0.4) is 0 Å². The molecule has 0 bridgehead atoms. The molecule has 1 aliphatic carbocycles. The molecule has 0 spiro atoms. The van der Waals surface area contributed by atoms with Gasteiger partial charge in [0.15, 0.2) is 5.82 Å². The number of carbonyl (C=O) groups is 1. The first-order valence-corrected chi connectivity index (χ1v) is 11.0. The number of carbonyl (C=O) groups excluding carboxylic acids is 1. The average Bonchev–Trinajstić information content (AvgIpc) is 3.22. The summed E-state index contributed by atoms with van der Waals surface area (Å²) in [6, 6.07) is 9.14. The fourth-order valence-electron chi connectivity index (χ4n) is 4.51. The van der Waals surface area contributed by atoms with Gasteiger partial charge in [-0.05, 0) is 31.9 Å². The van der Waals surface area contributed by atoms with Crippen LogP contribution in [0.25, 0.3) is 0 Å². The molecule has 148 valence electrons. The molecule has 28 heavy (non-hydrogen) atoms. The lowest BCUT2D eigenvalue weighted by atomic mass is 9.81. The molecule has 3 heterocycles. The van der Waals surface area contributed by atoms with E-state index in [4.69, 9.17) is 4.52 Å². The molecule has 2 aromatic rings. The molecule has 8 nitrogen and oxygen atoms in total. The Morgan fingerprint density at radius 1 is 1.18 bits per heavy atom. The third-order valence-electron chi connectivity index (χ3n) is 6.14. The number of amides is 1. The minimum Gasteiger partial charge on any atom is -0.339 e. The minimum absolute atomic E-state index is 0.0535. The summed E-state index contributed by atoms with van der Waals surface area (Å²) in [6.45, 7) is 3.28. The molecular weight excluding hydrogens is 380 g/mol. The van der Waals surface area contributed by atoms with E-state index >= 15 is 0 Å². The topological polar surface area (TPSA) is 96.6 Å². The van der Waals surface area contributed by atoms with Crippen molar-refractivity contribution in [2.24, 2.45) is 5.92 Å². The van der Waals surface area contributed by atoms with Gasteiger partial charge in [-0.2, -0.15) is 4.98 Å². The maximum atomic E-state index is 13.0. The zero-order valence-corrected chi connectivity index (χ0v) is 16.4. The van der Waals surface area contributed by atoms with E-state index in [9.17, 15) is 13.2 Å². The van der Waals surface area contributed by atoms with E-state index in [1.165, 1.54) is 0 Å². The summed E-state index contributed by atoms with van der Waals surface area (Å²) in [6.07, 6.45) is 1.46. The lowest BCUT2D eigenvalue weighted by Crippen LogP contribution is -2.42. The van der Waals surface area contributed by atoms with Crippen LogP contribution in [0.1, 0.15) is 34.9 Å². The number of benzene rings is 1. The van der Waals surface area contributed by atoms with Crippen molar-refractivity contribution >= 4 is 15.9 Å². The van der Waals surface area contributed by atoms with Gasteiger partial charge in [-0.1, -0.05) is 23.4 Å². The zero-order chi connectivity index (χ0) is 19.5. The van der Waals surface area contributed by atoms with E-state index in [0.29, 0.717) is 36.9 Å². The highest BCUT2D eigenvalue weighted by Gasteiger charge is 2.61. The standard InChI is InChI=1S/C19H22N4O4S/c1-13-20-18(27-21-13)19-11-22(17(24)14-5-3-2-4-6-14)9-15(19)10-23(12-19)28(25,26)16-7-8-16/h2-6,15-16H,7-12H2,1H3. The minimum atomic E-state index is -3.30. The summed E-state index contributed by atoms with van der Waals surface area (Å²) >= 11 is 0. The Morgan fingerprint density at radius 3 is 2.57 bits per heavy atom. The van der Waals surface area contributed by atoms with Gasteiger partial charge in [-0.3, -0.25) is 4.79 Å². The number of aromatic nitrogens is 2.